The molecule has 0 aromatic heterocycles. The molecule has 0 radical (unpaired) electrons. The van der Waals surface area contributed by atoms with E-state index in [2.05, 4.69) is 0 Å². The number of carbonyl (C=O) groups is 2. The van der Waals surface area contributed by atoms with E-state index in [0.29, 0.717) is 19.4 Å². The van der Waals surface area contributed by atoms with Gasteiger partial charge in [0.1, 0.15) is 0 Å². The van der Waals surface area contributed by atoms with Crippen LogP contribution < -0.4 is 0 Å². The zero-order chi connectivity index (χ0) is 15.6. The SMILES string of the molecule is CCOC(=O)C(CCCCOC)(C(=O)OCC)C(C)C. The Balaban J connectivity index is 5.12. The van der Waals surface area contributed by atoms with Crippen LogP contribution in [-0.4, -0.2) is 38.9 Å². The summed E-state index contributed by atoms with van der Waals surface area (Å²) in [6.07, 6.45) is 1.93. The Labute approximate surface area is 122 Å². The van der Waals surface area contributed by atoms with Gasteiger partial charge >= 0.3 is 11.9 Å². The fourth-order valence-corrected chi connectivity index (χ4v) is 2.22. The molecule has 0 rings (SSSR count). The lowest BCUT2D eigenvalue weighted by atomic mass is 9.73. The first-order valence-corrected chi connectivity index (χ1v) is 7.30. The van der Waals surface area contributed by atoms with Crippen molar-refractivity contribution in [2.24, 2.45) is 11.3 Å². The Morgan fingerprint density at radius 2 is 1.50 bits per heavy atom. The summed E-state index contributed by atoms with van der Waals surface area (Å²) in [5.74, 6) is -1.14. The maximum absolute atomic E-state index is 12.3. The van der Waals surface area contributed by atoms with Crippen LogP contribution in [0, 0.1) is 11.3 Å². The topological polar surface area (TPSA) is 61.8 Å². The maximum atomic E-state index is 12.3. The standard InChI is InChI=1S/C15H28O5/c1-6-19-13(16)15(12(3)4,14(17)20-7-2)10-8-9-11-18-5/h12H,6-11H2,1-5H3. The van der Waals surface area contributed by atoms with Gasteiger partial charge in [-0.1, -0.05) is 13.8 Å². The predicted molar refractivity (Wildman–Crippen MR) is 76.3 cm³/mol. The van der Waals surface area contributed by atoms with Gasteiger partial charge in [0.15, 0.2) is 5.41 Å². The number of esters is 2. The van der Waals surface area contributed by atoms with Gasteiger partial charge in [-0.05, 0) is 39.0 Å². The van der Waals surface area contributed by atoms with Crippen molar-refractivity contribution >= 4 is 11.9 Å². The molecule has 0 aliphatic carbocycles. The average molecular weight is 288 g/mol. The van der Waals surface area contributed by atoms with E-state index < -0.39 is 17.4 Å². The van der Waals surface area contributed by atoms with Gasteiger partial charge in [-0.15, -0.1) is 0 Å². The molecule has 0 aromatic carbocycles. The van der Waals surface area contributed by atoms with Crippen LogP contribution in [0.15, 0.2) is 0 Å². The minimum atomic E-state index is -1.21. The van der Waals surface area contributed by atoms with Gasteiger partial charge in [0.05, 0.1) is 13.2 Å². The molecule has 0 heterocycles. The highest BCUT2D eigenvalue weighted by Gasteiger charge is 2.50. The number of hydrogen-bond donors (Lipinski definition) is 0. The Kier molecular flexibility index (Phi) is 9.21. The molecule has 0 amide bonds. The third-order valence-corrected chi connectivity index (χ3v) is 3.43. The number of hydrogen-bond acceptors (Lipinski definition) is 5. The van der Waals surface area contributed by atoms with Crippen molar-refractivity contribution in [3.05, 3.63) is 0 Å². The van der Waals surface area contributed by atoms with E-state index >= 15 is 0 Å². The van der Waals surface area contributed by atoms with E-state index in [0.717, 1.165) is 6.42 Å². The largest absolute Gasteiger partial charge is 0.465 e. The first-order valence-electron chi connectivity index (χ1n) is 7.30. The van der Waals surface area contributed by atoms with Crippen LogP contribution in [0.1, 0.15) is 47.0 Å². The van der Waals surface area contributed by atoms with E-state index in [1.165, 1.54) is 0 Å². The molecule has 0 saturated carbocycles. The minimum absolute atomic E-state index is 0.178. The lowest BCUT2D eigenvalue weighted by Crippen LogP contribution is -2.46. The molecule has 0 N–H and O–H groups in total. The van der Waals surface area contributed by atoms with Crippen LogP contribution in [0.2, 0.25) is 0 Å². The van der Waals surface area contributed by atoms with E-state index in [1.54, 1.807) is 21.0 Å². The zero-order valence-electron chi connectivity index (χ0n) is 13.4. The quantitative estimate of drug-likeness (QED) is 0.351. The first-order chi connectivity index (χ1) is 9.47. The third kappa shape index (κ3) is 4.78. The molecule has 118 valence electrons. The Bertz CT molecular complexity index is 281. The van der Waals surface area contributed by atoms with E-state index in [-0.39, 0.29) is 19.1 Å². The number of carbonyl (C=O) groups excluding carboxylic acids is 2. The maximum Gasteiger partial charge on any atom is 0.323 e. The first kappa shape index (κ1) is 18.9. The molecule has 0 spiro atoms. The summed E-state index contributed by atoms with van der Waals surface area (Å²) < 4.78 is 15.2. The van der Waals surface area contributed by atoms with Gasteiger partial charge in [0.25, 0.3) is 0 Å². The second kappa shape index (κ2) is 9.75. The van der Waals surface area contributed by atoms with Crippen molar-refractivity contribution in [2.45, 2.75) is 47.0 Å². The molecule has 0 bridgehead atoms. The highest BCUT2D eigenvalue weighted by molar-refractivity contribution is 6.00. The Hall–Kier alpha value is -1.10. The molecule has 0 fully saturated rings. The summed E-state index contributed by atoms with van der Waals surface area (Å²) in [6.45, 7) is 8.29. The van der Waals surface area contributed by atoms with Crippen LogP contribution in [0.5, 0.6) is 0 Å². The minimum Gasteiger partial charge on any atom is -0.465 e. The monoisotopic (exact) mass is 288 g/mol. The zero-order valence-corrected chi connectivity index (χ0v) is 13.4. The summed E-state index contributed by atoms with van der Waals surface area (Å²) in [6, 6.07) is 0. The molecular formula is C15H28O5. The molecule has 5 nitrogen and oxygen atoms in total. The van der Waals surface area contributed by atoms with Crippen molar-refractivity contribution in [3.8, 4) is 0 Å². The van der Waals surface area contributed by atoms with Gasteiger partial charge in [-0.25, -0.2) is 0 Å². The lowest BCUT2D eigenvalue weighted by molar-refractivity contribution is -0.176. The molecule has 5 heteroatoms. The van der Waals surface area contributed by atoms with Crippen molar-refractivity contribution in [1.82, 2.24) is 0 Å². The summed E-state index contributed by atoms with van der Waals surface area (Å²) in [5, 5.41) is 0. The number of unbranched alkanes of at least 4 members (excludes halogenated alkanes) is 1. The van der Waals surface area contributed by atoms with Crippen LogP contribution >= 0.6 is 0 Å². The highest BCUT2D eigenvalue weighted by Crippen LogP contribution is 2.36. The fraction of sp³-hybridized carbons (Fsp3) is 0.867. The molecule has 0 atom stereocenters. The second-order valence-corrected chi connectivity index (χ2v) is 5.02. The van der Waals surface area contributed by atoms with Crippen molar-refractivity contribution in [3.63, 3.8) is 0 Å². The summed E-state index contributed by atoms with van der Waals surface area (Å²) in [7, 11) is 1.63. The van der Waals surface area contributed by atoms with E-state index in [1.807, 2.05) is 13.8 Å². The molecule has 0 aliphatic rings. The summed E-state index contributed by atoms with van der Waals surface area (Å²) in [5.41, 5.74) is -1.21. The van der Waals surface area contributed by atoms with E-state index in [4.69, 9.17) is 14.2 Å². The normalized spacial score (nSPS) is 11.5. The summed E-state index contributed by atoms with van der Waals surface area (Å²) >= 11 is 0. The van der Waals surface area contributed by atoms with Crippen LogP contribution in [0.3, 0.4) is 0 Å². The predicted octanol–water partition coefficient (Wildman–Crippen LogP) is 2.57. The van der Waals surface area contributed by atoms with Crippen LogP contribution in [0.25, 0.3) is 0 Å². The number of rotatable bonds is 10. The van der Waals surface area contributed by atoms with Gasteiger partial charge < -0.3 is 14.2 Å². The fourth-order valence-electron chi connectivity index (χ4n) is 2.22. The third-order valence-electron chi connectivity index (χ3n) is 3.43. The smallest absolute Gasteiger partial charge is 0.323 e. The number of methoxy groups -OCH3 is 1. The lowest BCUT2D eigenvalue weighted by Gasteiger charge is -2.32. The molecule has 0 aliphatic heterocycles. The van der Waals surface area contributed by atoms with Crippen molar-refractivity contribution in [2.75, 3.05) is 26.9 Å². The molecule has 0 unspecified atom stereocenters. The number of ether oxygens (including phenoxy) is 3. The molecule has 0 saturated heterocycles. The van der Waals surface area contributed by atoms with E-state index in [9.17, 15) is 9.59 Å². The Morgan fingerprint density at radius 1 is 1.00 bits per heavy atom. The van der Waals surface area contributed by atoms with Crippen molar-refractivity contribution < 1.29 is 23.8 Å². The van der Waals surface area contributed by atoms with Gasteiger partial charge in [-0.3, -0.25) is 9.59 Å². The molecule has 0 aromatic rings. The van der Waals surface area contributed by atoms with Crippen molar-refractivity contribution in [1.29, 1.82) is 0 Å². The van der Waals surface area contributed by atoms with Gasteiger partial charge in [-0.2, -0.15) is 0 Å². The molecular weight excluding hydrogens is 260 g/mol. The van der Waals surface area contributed by atoms with Gasteiger partial charge in [0, 0.05) is 13.7 Å². The van der Waals surface area contributed by atoms with Crippen LogP contribution in [-0.2, 0) is 23.8 Å². The average Bonchev–Trinajstić information content (AvgIpc) is 2.39. The Morgan fingerprint density at radius 3 is 1.85 bits per heavy atom. The summed E-state index contributed by atoms with van der Waals surface area (Å²) in [4.78, 5) is 24.7. The van der Waals surface area contributed by atoms with Crippen LogP contribution in [0.4, 0.5) is 0 Å². The molecule has 20 heavy (non-hydrogen) atoms. The highest BCUT2D eigenvalue weighted by atomic mass is 16.6. The second-order valence-electron chi connectivity index (χ2n) is 5.02. The van der Waals surface area contributed by atoms with Gasteiger partial charge in [0.2, 0.25) is 0 Å².